The van der Waals surface area contributed by atoms with Gasteiger partial charge in [-0.25, -0.2) is 4.79 Å². The van der Waals surface area contributed by atoms with Crippen LogP contribution in [0.15, 0.2) is 42.5 Å². The average Bonchev–Trinajstić information content (AvgIpc) is 2.63. The van der Waals surface area contributed by atoms with Crippen LogP contribution in [-0.4, -0.2) is 28.2 Å². The minimum atomic E-state index is -1.09. The molecule has 8 heteroatoms. The van der Waals surface area contributed by atoms with E-state index in [-0.39, 0.29) is 21.8 Å². The lowest BCUT2D eigenvalue weighted by molar-refractivity contribution is 0.0696. The summed E-state index contributed by atoms with van der Waals surface area (Å²) < 4.78 is 5.67. The van der Waals surface area contributed by atoms with E-state index >= 15 is 0 Å². The number of aromatic carboxylic acids is 1. The molecule has 0 aliphatic carbocycles. The Morgan fingerprint density at radius 1 is 1.19 bits per heavy atom. The number of nitrogens with one attached hydrogen (secondary N) is 2. The predicted octanol–water partition coefficient (Wildman–Crippen LogP) is 4.34. The van der Waals surface area contributed by atoms with Crippen LogP contribution in [0.3, 0.4) is 0 Å². The number of hydrogen-bond donors (Lipinski definition) is 3. The van der Waals surface area contributed by atoms with Crippen molar-refractivity contribution in [3.8, 4) is 5.75 Å². The molecule has 6 nitrogen and oxygen atoms in total. The first-order chi connectivity index (χ1) is 12.8. The van der Waals surface area contributed by atoms with Crippen molar-refractivity contribution in [2.75, 3.05) is 5.32 Å². The molecule has 0 aliphatic heterocycles. The minimum absolute atomic E-state index is 0.00405. The topological polar surface area (TPSA) is 87.7 Å². The van der Waals surface area contributed by atoms with Crippen LogP contribution >= 0.6 is 23.8 Å². The van der Waals surface area contributed by atoms with Gasteiger partial charge in [0.2, 0.25) is 0 Å². The molecule has 27 heavy (non-hydrogen) atoms. The third kappa shape index (κ3) is 5.94. The number of carboxylic acids is 1. The van der Waals surface area contributed by atoms with Gasteiger partial charge in [0, 0.05) is 5.56 Å². The molecule has 0 aliphatic rings. The monoisotopic (exact) mass is 406 g/mol. The second-order valence-electron chi connectivity index (χ2n) is 5.77. The van der Waals surface area contributed by atoms with Crippen molar-refractivity contribution in [3.63, 3.8) is 0 Å². The van der Waals surface area contributed by atoms with Crippen molar-refractivity contribution in [1.29, 1.82) is 0 Å². The van der Waals surface area contributed by atoms with Gasteiger partial charge in [0.05, 0.1) is 22.4 Å². The number of carbonyl (C=O) groups is 2. The Morgan fingerprint density at radius 2 is 1.81 bits per heavy atom. The van der Waals surface area contributed by atoms with Crippen molar-refractivity contribution >= 4 is 46.5 Å². The average molecular weight is 407 g/mol. The van der Waals surface area contributed by atoms with Crippen LogP contribution in [0.25, 0.3) is 0 Å². The van der Waals surface area contributed by atoms with Gasteiger partial charge in [-0.15, -0.1) is 0 Å². The molecule has 0 unspecified atom stereocenters. The second kappa shape index (κ2) is 9.34. The summed E-state index contributed by atoms with van der Waals surface area (Å²) in [5, 5.41) is 14.6. The van der Waals surface area contributed by atoms with E-state index in [2.05, 4.69) is 10.6 Å². The van der Waals surface area contributed by atoms with Gasteiger partial charge in [-0.3, -0.25) is 10.1 Å². The summed E-state index contributed by atoms with van der Waals surface area (Å²) >= 11 is 11.1. The van der Waals surface area contributed by atoms with Crippen molar-refractivity contribution in [2.45, 2.75) is 26.4 Å². The summed E-state index contributed by atoms with van der Waals surface area (Å²) in [6.07, 6.45) is 0.973. The summed E-state index contributed by atoms with van der Waals surface area (Å²) in [5.41, 5.74) is 0.744. The van der Waals surface area contributed by atoms with E-state index in [1.165, 1.54) is 18.2 Å². The highest BCUT2D eigenvalue weighted by atomic mass is 35.5. The minimum Gasteiger partial charge on any atom is -0.491 e. The van der Waals surface area contributed by atoms with Crippen LogP contribution < -0.4 is 15.4 Å². The molecular weight excluding hydrogens is 388 g/mol. The van der Waals surface area contributed by atoms with Gasteiger partial charge in [0.25, 0.3) is 5.91 Å². The fraction of sp³-hybridized carbons (Fsp3) is 0.211. The molecule has 0 radical (unpaired) electrons. The molecule has 0 saturated heterocycles. The number of carbonyl (C=O) groups excluding carboxylic acids is 1. The molecule has 2 rings (SSSR count). The molecule has 0 spiro atoms. The molecule has 1 amide bonds. The highest BCUT2D eigenvalue weighted by Crippen LogP contribution is 2.23. The Bertz CT molecular complexity index is 855. The SMILES string of the molecule is CC[C@H](C)Oc1ccc(C(=O)NC(=S)Nc2cc(C(=O)O)ccc2Cl)cc1. The number of rotatable bonds is 6. The maximum atomic E-state index is 12.3. The lowest BCUT2D eigenvalue weighted by atomic mass is 10.2. The van der Waals surface area contributed by atoms with E-state index < -0.39 is 11.9 Å². The van der Waals surface area contributed by atoms with Gasteiger partial charge in [-0.1, -0.05) is 18.5 Å². The number of thiocarbonyl (C=S) groups is 1. The predicted molar refractivity (Wildman–Crippen MR) is 109 cm³/mol. The number of ether oxygens (including phenoxy) is 1. The van der Waals surface area contributed by atoms with Crippen LogP contribution in [0.4, 0.5) is 5.69 Å². The lowest BCUT2D eigenvalue weighted by Crippen LogP contribution is -2.34. The van der Waals surface area contributed by atoms with Crippen molar-refractivity contribution < 1.29 is 19.4 Å². The van der Waals surface area contributed by atoms with Crippen molar-refractivity contribution in [2.24, 2.45) is 0 Å². The normalized spacial score (nSPS) is 11.4. The number of anilines is 1. The standard InChI is InChI=1S/C19H19ClN2O4S/c1-3-11(2)26-14-7-4-12(5-8-14)17(23)22-19(27)21-16-10-13(18(24)25)6-9-15(16)20/h4-11H,3H2,1-2H3,(H,24,25)(H2,21,22,23,27)/t11-/m0/s1. The Morgan fingerprint density at radius 3 is 2.41 bits per heavy atom. The zero-order valence-corrected chi connectivity index (χ0v) is 16.4. The lowest BCUT2D eigenvalue weighted by Gasteiger charge is -2.13. The Balaban J connectivity index is 2.00. The molecule has 1 atom stereocenters. The molecule has 0 fully saturated rings. The first kappa shape index (κ1) is 20.7. The number of halogens is 1. The van der Waals surface area contributed by atoms with Gasteiger partial charge in [-0.2, -0.15) is 0 Å². The molecule has 2 aromatic rings. The smallest absolute Gasteiger partial charge is 0.335 e. The van der Waals surface area contributed by atoms with E-state index in [4.69, 9.17) is 33.7 Å². The fourth-order valence-corrected chi connectivity index (χ4v) is 2.45. The highest BCUT2D eigenvalue weighted by Gasteiger charge is 2.12. The number of carboxylic acid groups (broad SMARTS) is 1. The van der Waals surface area contributed by atoms with Gasteiger partial charge in [-0.05, 0) is 68.0 Å². The zero-order chi connectivity index (χ0) is 20.0. The van der Waals surface area contributed by atoms with Crippen LogP contribution in [-0.2, 0) is 0 Å². The van der Waals surface area contributed by atoms with Gasteiger partial charge in [0.15, 0.2) is 5.11 Å². The van der Waals surface area contributed by atoms with E-state index in [0.717, 1.165) is 6.42 Å². The molecule has 3 N–H and O–H groups in total. The number of amides is 1. The Kier molecular flexibility index (Phi) is 7.15. The quantitative estimate of drug-likeness (QED) is 0.618. The third-order valence-corrected chi connectivity index (χ3v) is 4.25. The maximum Gasteiger partial charge on any atom is 0.335 e. The molecular formula is C19H19ClN2O4S. The molecule has 2 aromatic carbocycles. The first-order valence-corrected chi connectivity index (χ1v) is 9.00. The van der Waals surface area contributed by atoms with E-state index in [0.29, 0.717) is 17.0 Å². The maximum absolute atomic E-state index is 12.3. The van der Waals surface area contributed by atoms with Crippen molar-refractivity contribution in [3.05, 3.63) is 58.6 Å². The van der Waals surface area contributed by atoms with Crippen LogP contribution in [0.5, 0.6) is 5.75 Å². The van der Waals surface area contributed by atoms with E-state index in [9.17, 15) is 9.59 Å². The van der Waals surface area contributed by atoms with E-state index in [1.54, 1.807) is 24.3 Å². The summed E-state index contributed by atoms with van der Waals surface area (Å²) in [7, 11) is 0. The third-order valence-electron chi connectivity index (χ3n) is 3.72. The van der Waals surface area contributed by atoms with Crippen molar-refractivity contribution in [1.82, 2.24) is 5.32 Å². The fourth-order valence-electron chi connectivity index (χ4n) is 2.08. The molecule has 0 bridgehead atoms. The van der Waals surface area contributed by atoms with Gasteiger partial charge in [0.1, 0.15) is 5.75 Å². The highest BCUT2D eigenvalue weighted by molar-refractivity contribution is 7.80. The second-order valence-corrected chi connectivity index (χ2v) is 6.58. The van der Waals surface area contributed by atoms with Gasteiger partial charge < -0.3 is 15.2 Å². The Labute approximate surface area is 167 Å². The summed E-state index contributed by atoms with van der Waals surface area (Å²) in [4.78, 5) is 23.3. The van der Waals surface area contributed by atoms with Crippen LogP contribution in [0, 0.1) is 0 Å². The summed E-state index contributed by atoms with van der Waals surface area (Å²) in [6, 6.07) is 10.8. The molecule has 0 heterocycles. The van der Waals surface area contributed by atoms with Gasteiger partial charge >= 0.3 is 5.97 Å². The molecule has 142 valence electrons. The van der Waals surface area contributed by atoms with Crippen LogP contribution in [0.1, 0.15) is 41.0 Å². The van der Waals surface area contributed by atoms with E-state index in [1.807, 2.05) is 13.8 Å². The summed E-state index contributed by atoms with van der Waals surface area (Å²) in [5.74, 6) is -0.823. The summed E-state index contributed by atoms with van der Waals surface area (Å²) in [6.45, 7) is 3.99. The Hall–Kier alpha value is -2.64. The van der Waals surface area contributed by atoms with Crippen LogP contribution in [0.2, 0.25) is 5.02 Å². The first-order valence-electron chi connectivity index (χ1n) is 8.22. The zero-order valence-electron chi connectivity index (χ0n) is 14.8. The molecule has 0 aromatic heterocycles. The largest absolute Gasteiger partial charge is 0.491 e. The molecule has 0 saturated carbocycles. The number of hydrogen-bond acceptors (Lipinski definition) is 4. The number of benzene rings is 2.